The molecule has 0 bridgehead atoms. The Morgan fingerprint density at radius 1 is 1.00 bits per heavy atom. The average Bonchev–Trinajstić information content (AvgIpc) is 2.88. The molecule has 2 aromatic heterocycles. The van der Waals surface area contributed by atoms with Gasteiger partial charge in [0.2, 0.25) is 0 Å². The van der Waals surface area contributed by atoms with Crippen molar-refractivity contribution in [3.05, 3.63) is 36.2 Å². The van der Waals surface area contributed by atoms with Gasteiger partial charge in [0.1, 0.15) is 13.2 Å². The molecule has 0 saturated heterocycles. The summed E-state index contributed by atoms with van der Waals surface area (Å²) < 4.78 is 13.9. The van der Waals surface area contributed by atoms with Gasteiger partial charge in [-0.25, -0.2) is 4.68 Å². The van der Waals surface area contributed by atoms with Crippen molar-refractivity contribution in [1.82, 2.24) is 19.5 Å². The van der Waals surface area contributed by atoms with Crippen LogP contribution < -0.4 is 0 Å². The maximum atomic E-state index is 5.08. The molecule has 0 unspecified atom stereocenters. The molecular formula is C10H14N4O2. The van der Waals surface area contributed by atoms with Crippen molar-refractivity contribution in [2.75, 3.05) is 14.2 Å². The monoisotopic (exact) mass is 222 g/mol. The van der Waals surface area contributed by atoms with Gasteiger partial charge in [-0.2, -0.15) is 0 Å². The summed E-state index contributed by atoms with van der Waals surface area (Å²) in [6.07, 6.45) is 3.84. The Morgan fingerprint density at radius 2 is 1.50 bits per heavy atom. The van der Waals surface area contributed by atoms with E-state index in [2.05, 4.69) is 10.2 Å². The van der Waals surface area contributed by atoms with Crippen molar-refractivity contribution in [3.8, 4) is 0 Å². The van der Waals surface area contributed by atoms with Crippen molar-refractivity contribution in [2.45, 2.75) is 13.2 Å². The van der Waals surface area contributed by atoms with Gasteiger partial charge in [0.15, 0.2) is 11.6 Å². The topological polar surface area (TPSA) is 54.1 Å². The fraction of sp³-hybridized carbons (Fsp3) is 0.400. The zero-order chi connectivity index (χ0) is 11.4. The molecule has 6 nitrogen and oxygen atoms in total. The minimum Gasteiger partial charge on any atom is -0.377 e. The van der Waals surface area contributed by atoms with E-state index in [-0.39, 0.29) is 0 Å². The molecule has 16 heavy (non-hydrogen) atoms. The summed E-state index contributed by atoms with van der Waals surface area (Å²) in [4.78, 5) is 0. The molecule has 0 spiro atoms. The number of aromatic nitrogens is 4. The highest BCUT2D eigenvalue weighted by molar-refractivity contribution is 5.00. The predicted octanol–water partition coefficient (Wildman–Crippen LogP) is 0.684. The third-order valence-corrected chi connectivity index (χ3v) is 2.14. The number of ether oxygens (including phenoxy) is 2. The quantitative estimate of drug-likeness (QED) is 0.746. The molecule has 0 saturated carbocycles. The Hall–Kier alpha value is -1.66. The van der Waals surface area contributed by atoms with Crippen LogP contribution in [0.5, 0.6) is 0 Å². The van der Waals surface area contributed by atoms with Crippen molar-refractivity contribution >= 4 is 0 Å². The second-order valence-electron chi connectivity index (χ2n) is 3.27. The molecule has 0 atom stereocenters. The van der Waals surface area contributed by atoms with Crippen LogP contribution in [0.1, 0.15) is 11.6 Å². The van der Waals surface area contributed by atoms with E-state index in [0.717, 1.165) is 11.6 Å². The molecule has 0 aliphatic rings. The van der Waals surface area contributed by atoms with E-state index in [9.17, 15) is 0 Å². The van der Waals surface area contributed by atoms with Crippen LogP contribution in [0.15, 0.2) is 24.5 Å². The van der Waals surface area contributed by atoms with Crippen molar-refractivity contribution in [2.24, 2.45) is 0 Å². The molecule has 0 aromatic carbocycles. The summed E-state index contributed by atoms with van der Waals surface area (Å²) in [7, 11) is 3.26. The Balaban J connectivity index is 2.41. The summed E-state index contributed by atoms with van der Waals surface area (Å²) >= 11 is 0. The van der Waals surface area contributed by atoms with Crippen LogP contribution in [0.3, 0.4) is 0 Å². The number of rotatable bonds is 5. The highest BCUT2D eigenvalue weighted by Crippen LogP contribution is 2.06. The van der Waals surface area contributed by atoms with Gasteiger partial charge in [-0.05, 0) is 12.1 Å². The first kappa shape index (κ1) is 10.8. The van der Waals surface area contributed by atoms with E-state index < -0.39 is 0 Å². The molecule has 2 rings (SSSR count). The summed E-state index contributed by atoms with van der Waals surface area (Å²) in [6, 6.07) is 3.88. The molecule has 86 valence electrons. The fourth-order valence-corrected chi connectivity index (χ4v) is 1.51. The highest BCUT2D eigenvalue weighted by Gasteiger charge is 2.12. The minimum absolute atomic E-state index is 0.412. The summed E-state index contributed by atoms with van der Waals surface area (Å²) in [6.45, 7) is 0.823. The van der Waals surface area contributed by atoms with Crippen LogP contribution in [0.4, 0.5) is 0 Å². The predicted molar refractivity (Wildman–Crippen MR) is 56.7 cm³/mol. The summed E-state index contributed by atoms with van der Waals surface area (Å²) in [5, 5.41) is 8.14. The van der Waals surface area contributed by atoms with Crippen molar-refractivity contribution < 1.29 is 9.47 Å². The summed E-state index contributed by atoms with van der Waals surface area (Å²) in [5.74, 6) is 1.48. The normalized spacial score (nSPS) is 10.9. The maximum absolute atomic E-state index is 5.08. The molecule has 2 heterocycles. The SMILES string of the molecule is COCc1nnc(COC)n1-n1cccc1. The highest BCUT2D eigenvalue weighted by atomic mass is 16.5. The maximum Gasteiger partial charge on any atom is 0.178 e. The van der Waals surface area contributed by atoms with Crippen molar-refractivity contribution in [1.29, 1.82) is 0 Å². The Kier molecular flexibility index (Phi) is 3.33. The number of methoxy groups -OCH3 is 2. The fourth-order valence-electron chi connectivity index (χ4n) is 1.51. The first-order valence-corrected chi connectivity index (χ1v) is 4.91. The van der Waals surface area contributed by atoms with Gasteiger partial charge in [0.05, 0.1) is 0 Å². The van der Waals surface area contributed by atoms with Gasteiger partial charge in [-0.1, -0.05) is 0 Å². The Bertz CT molecular complexity index is 412. The van der Waals surface area contributed by atoms with Gasteiger partial charge in [-0.3, -0.25) is 4.68 Å². The molecular weight excluding hydrogens is 208 g/mol. The lowest BCUT2D eigenvalue weighted by molar-refractivity contribution is 0.163. The lowest BCUT2D eigenvalue weighted by atomic mass is 10.6. The van der Waals surface area contributed by atoms with Gasteiger partial charge in [-0.15, -0.1) is 10.2 Å². The van der Waals surface area contributed by atoms with Crippen LogP contribution in [-0.4, -0.2) is 33.8 Å². The first-order chi connectivity index (χ1) is 7.86. The van der Waals surface area contributed by atoms with Crippen molar-refractivity contribution in [3.63, 3.8) is 0 Å². The van der Waals surface area contributed by atoms with Crippen LogP contribution in [-0.2, 0) is 22.7 Å². The van der Waals surface area contributed by atoms with Crippen LogP contribution in [0.25, 0.3) is 0 Å². The van der Waals surface area contributed by atoms with Crippen LogP contribution in [0.2, 0.25) is 0 Å². The van der Waals surface area contributed by atoms with Gasteiger partial charge in [0.25, 0.3) is 0 Å². The van der Waals surface area contributed by atoms with Gasteiger partial charge in [0, 0.05) is 26.6 Å². The lowest BCUT2D eigenvalue weighted by Crippen LogP contribution is -2.15. The minimum atomic E-state index is 0.412. The van der Waals surface area contributed by atoms with E-state index in [1.807, 2.05) is 33.9 Å². The van der Waals surface area contributed by atoms with Gasteiger partial charge >= 0.3 is 0 Å². The van der Waals surface area contributed by atoms with E-state index in [1.165, 1.54) is 0 Å². The molecule has 0 N–H and O–H groups in total. The number of nitrogens with zero attached hydrogens (tertiary/aromatic N) is 4. The second kappa shape index (κ2) is 4.91. The summed E-state index contributed by atoms with van der Waals surface area (Å²) in [5.41, 5.74) is 0. The Morgan fingerprint density at radius 3 is 1.94 bits per heavy atom. The molecule has 0 amide bonds. The molecule has 0 fully saturated rings. The molecule has 0 aliphatic carbocycles. The molecule has 0 aliphatic heterocycles. The smallest absolute Gasteiger partial charge is 0.178 e. The van der Waals surface area contributed by atoms with E-state index in [1.54, 1.807) is 14.2 Å². The lowest BCUT2D eigenvalue weighted by Gasteiger charge is -2.10. The molecule has 2 aromatic rings. The average molecular weight is 222 g/mol. The van der Waals surface area contributed by atoms with Gasteiger partial charge < -0.3 is 9.47 Å². The Labute approximate surface area is 93.4 Å². The van der Waals surface area contributed by atoms with Crippen LogP contribution >= 0.6 is 0 Å². The zero-order valence-corrected chi connectivity index (χ0v) is 9.33. The molecule has 6 heteroatoms. The standard InChI is InChI=1S/C10H14N4O2/c1-15-7-9-11-12-10(8-16-2)14(9)13-5-3-4-6-13/h3-6H,7-8H2,1-2H3. The number of hydrogen-bond donors (Lipinski definition) is 0. The number of hydrogen-bond acceptors (Lipinski definition) is 4. The van der Waals surface area contributed by atoms with E-state index in [4.69, 9.17) is 9.47 Å². The first-order valence-electron chi connectivity index (χ1n) is 4.91. The zero-order valence-electron chi connectivity index (χ0n) is 9.33. The third-order valence-electron chi connectivity index (χ3n) is 2.14. The largest absolute Gasteiger partial charge is 0.377 e. The van der Waals surface area contributed by atoms with E-state index in [0.29, 0.717) is 13.2 Å². The second-order valence-corrected chi connectivity index (χ2v) is 3.27. The van der Waals surface area contributed by atoms with E-state index >= 15 is 0 Å². The third kappa shape index (κ3) is 1.98. The molecule has 0 radical (unpaired) electrons. The van der Waals surface area contributed by atoms with Crippen LogP contribution in [0, 0.1) is 0 Å².